The zero-order valence-electron chi connectivity index (χ0n) is 17.2. The Morgan fingerprint density at radius 2 is 1.70 bits per heavy atom. The van der Waals surface area contributed by atoms with Crippen LogP contribution in [0.25, 0.3) is 16.6 Å². The molecule has 0 saturated heterocycles. The smallest absolute Gasteiger partial charge is 0.266 e. The Labute approximate surface area is 180 Å². The van der Waals surface area contributed by atoms with Crippen LogP contribution in [0.4, 0.5) is 0 Å². The van der Waals surface area contributed by atoms with Gasteiger partial charge in [0.05, 0.1) is 23.2 Å². The number of benzene rings is 3. The molecule has 4 nitrogen and oxygen atoms in total. The van der Waals surface area contributed by atoms with Crippen LogP contribution in [0.2, 0.25) is 0 Å². The van der Waals surface area contributed by atoms with E-state index in [1.54, 1.807) is 16.3 Å². The number of nitrogens with zero attached hydrogens (tertiary/aromatic N) is 2. The Kier molecular flexibility index (Phi) is 6.19. The monoisotopic (exact) mass is 416 g/mol. The standard InChI is InChI=1S/C25H24N2O2S/c1-18-13-14-20(17-19(18)2)27-24(28)22-11-6-7-12-23(22)26-25(27)30-16-8-15-29-21-9-4-3-5-10-21/h3-7,9-14,17H,8,15-16H2,1-2H3. The van der Waals surface area contributed by atoms with Crippen LogP contribution in [0.5, 0.6) is 5.75 Å². The first-order valence-electron chi connectivity index (χ1n) is 10.0. The summed E-state index contributed by atoms with van der Waals surface area (Å²) in [4.78, 5) is 18.1. The van der Waals surface area contributed by atoms with Gasteiger partial charge in [0.25, 0.3) is 5.56 Å². The second-order valence-corrected chi connectivity index (χ2v) is 8.25. The zero-order valence-corrected chi connectivity index (χ0v) is 18.0. The van der Waals surface area contributed by atoms with Gasteiger partial charge in [-0.15, -0.1) is 0 Å². The van der Waals surface area contributed by atoms with Crippen molar-refractivity contribution in [3.05, 3.63) is 94.3 Å². The number of fused-ring (bicyclic) bond motifs is 1. The number of rotatable bonds is 7. The number of hydrogen-bond donors (Lipinski definition) is 0. The van der Waals surface area contributed by atoms with Crippen molar-refractivity contribution in [1.29, 1.82) is 0 Å². The molecule has 0 unspecified atom stereocenters. The second-order valence-electron chi connectivity index (χ2n) is 7.18. The summed E-state index contributed by atoms with van der Waals surface area (Å²) in [5, 5.41) is 1.34. The van der Waals surface area contributed by atoms with Gasteiger partial charge in [-0.2, -0.15) is 0 Å². The third-order valence-electron chi connectivity index (χ3n) is 5.03. The third-order valence-corrected chi connectivity index (χ3v) is 6.05. The molecule has 1 aromatic heterocycles. The summed E-state index contributed by atoms with van der Waals surface area (Å²) in [6.45, 7) is 4.76. The molecule has 0 fully saturated rings. The Balaban J connectivity index is 1.59. The molecule has 3 aromatic carbocycles. The lowest BCUT2D eigenvalue weighted by molar-refractivity contribution is 0.318. The Morgan fingerprint density at radius 3 is 2.50 bits per heavy atom. The van der Waals surface area contributed by atoms with Crippen molar-refractivity contribution < 1.29 is 4.74 Å². The second kappa shape index (κ2) is 9.18. The van der Waals surface area contributed by atoms with Gasteiger partial charge in [0.15, 0.2) is 5.16 Å². The average Bonchev–Trinajstić information content (AvgIpc) is 2.76. The van der Waals surface area contributed by atoms with Crippen LogP contribution in [-0.4, -0.2) is 21.9 Å². The van der Waals surface area contributed by atoms with Crippen molar-refractivity contribution in [2.24, 2.45) is 0 Å². The Morgan fingerprint density at radius 1 is 0.933 bits per heavy atom. The summed E-state index contributed by atoms with van der Waals surface area (Å²) in [6, 6.07) is 23.4. The lowest BCUT2D eigenvalue weighted by atomic mass is 10.1. The topological polar surface area (TPSA) is 44.1 Å². The number of aromatic nitrogens is 2. The average molecular weight is 417 g/mol. The first kappa shape index (κ1) is 20.2. The van der Waals surface area contributed by atoms with Crippen LogP contribution in [0.15, 0.2) is 82.7 Å². The highest BCUT2D eigenvalue weighted by Crippen LogP contribution is 2.23. The summed E-state index contributed by atoms with van der Waals surface area (Å²) in [7, 11) is 0. The highest BCUT2D eigenvalue weighted by Gasteiger charge is 2.13. The number of ether oxygens (including phenoxy) is 1. The van der Waals surface area contributed by atoms with Crippen LogP contribution in [0.3, 0.4) is 0 Å². The zero-order chi connectivity index (χ0) is 20.9. The van der Waals surface area contributed by atoms with Crippen LogP contribution in [0.1, 0.15) is 17.5 Å². The first-order valence-corrected chi connectivity index (χ1v) is 11.0. The molecule has 0 saturated carbocycles. The summed E-state index contributed by atoms with van der Waals surface area (Å²) in [5.74, 6) is 1.68. The quantitative estimate of drug-likeness (QED) is 0.225. The highest BCUT2D eigenvalue weighted by atomic mass is 32.2. The van der Waals surface area contributed by atoms with Gasteiger partial charge < -0.3 is 4.74 Å². The van der Waals surface area contributed by atoms with E-state index >= 15 is 0 Å². The Bertz CT molecular complexity index is 1220. The lowest BCUT2D eigenvalue weighted by Crippen LogP contribution is -2.22. The fourth-order valence-electron chi connectivity index (χ4n) is 3.23. The van der Waals surface area contributed by atoms with Crippen molar-refractivity contribution in [1.82, 2.24) is 9.55 Å². The molecule has 0 bridgehead atoms. The van der Waals surface area contributed by atoms with E-state index in [9.17, 15) is 4.79 Å². The molecule has 0 N–H and O–H groups in total. The predicted octanol–water partition coefficient (Wildman–Crippen LogP) is 5.56. The number of para-hydroxylation sites is 2. The summed E-state index contributed by atoms with van der Waals surface area (Å²) >= 11 is 1.59. The molecule has 0 aliphatic rings. The largest absolute Gasteiger partial charge is 0.494 e. The molecule has 5 heteroatoms. The molecule has 152 valence electrons. The van der Waals surface area contributed by atoms with Crippen molar-refractivity contribution >= 4 is 22.7 Å². The van der Waals surface area contributed by atoms with E-state index in [0.29, 0.717) is 17.1 Å². The Hall–Kier alpha value is -3.05. The summed E-state index contributed by atoms with van der Waals surface area (Å²) in [5.41, 5.74) is 3.90. The van der Waals surface area contributed by atoms with Crippen LogP contribution in [-0.2, 0) is 0 Å². The van der Waals surface area contributed by atoms with Gasteiger partial charge >= 0.3 is 0 Å². The van der Waals surface area contributed by atoms with E-state index in [4.69, 9.17) is 9.72 Å². The summed E-state index contributed by atoms with van der Waals surface area (Å²) < 4.78 is 7.51. The van der Waals surface area contributed by atoms with Crippen molar-refractivity contribution in [3.8, 4) is 11.4 Å². The molecule has 4 aromatic rings. The van der Waals surface area contributed by atoms with E-state index in [2.05, 4.69) is 26.0 Å². The van der Waals surface area contributed by atoms with Crippen LogP contribution >= 0.6 is 11.8 Å². The van der Waals surface area contributed by atoms with Gasteiger partial charge in [-0.05, 0) is 67.8 Å². The lowest BCUT2D eigenvalue weighted by Gasteiger charge is -2.14. The number of hydrogen-bond acceptors (Lipinski definition) is 4. The normalized spacial score (nSPS) is 11.0. The molecule has 1 heterocycles. The molecule has 30 heavy (non-hydrogen) atoms. The molecule has 0 radical (unpaired) electrons. The maximum Gasteiger partial charge on any atom is 0.266 e. The number of thioether (sulfide) groups is 1. The van der Waals surface area contributed by atoms with Gasteiger partial charge in [0.1, 0.15) is 5.75 Å². The molecule has 0 amide bonds. The maximum absolute atomic E-state index is 13.3. The van der Waals surface area contributed by atoms with Gasteiger partial charge in [0, 0.05) is 5.75 Å². The minimum absolute atomic E-state index is 0.0353. The fraction of sp³-hybridized carbons (Fsp3) is 0.200. The molecule has 0 atom stereocenters. The van der Waals surface area contributed by atoms with Crippen LogP contribution < -0.4 is 10.3 Å². The fourth-order valence-corrected chi connectivity index (χ4v) is 4.16. The van der Waals surface area contributed by atoms with Gasteiger partial charge in [0.2, 0.25) is 0 Å². The molecular weight excluding hydrogens is 392 g/mol. The van der Waals surface area contributed by atoms with Crippen molar-refractivity contribution in [2.45, 2.75) is 25.4 Å². The van der Waals surface area contributed by atoms with Crippen LogP contribution in [0, 0.1) is 13.8 Å². The van der Waals surface area contributed by atoms with E-state index < -0.39 is 0 Å². The third kappa shape index (κ3) is 4.41. The molecular formula is C25H24N2O2S. The predicted molar refractivity (Wildman–Crippen MR) is 124 cm³/mol. The number of aryl methyl sites for hydroxylation is 2. The van der Waals surface area contributed by atoms with E-state index in [0.717, 1.165) is 34.7 Å². The summed E-state index contributed by atoms with van der Waals surface area (Å²) in [6.07, 6.45) is 0.856. The van der Waals surface area contributed by atoms with Gasteiger partial charge in [-0.3, -0.25) is 9.36 Å². The maximum atomic E-state index is 13.3. The van der Waals surface area contributed by atoms with Crippen molar-refractivity contribution in [2.75, 3.05) is 12.4 Å². The first-order chi connectivity index (χ1) is 14.6. The molecule has 0 aliphatic heterocycles. The van der Waals surface area contributed by atoms with Crippen molar-refractivity contribution in [3.63, 3.8) is 0 Å². The molecule has 4 rings (SSSR count). The highest BCUT2D eigenvalue weighted by molar-refractivity contribution is 7.99. The van der Waals surface area contributed by atoms with E-state index in [-0.39, 0.29) is 5.56 Å². The van der Waals surface area contributed by atoms with Gasteiger partial charge in [-0.25, -0.2) is 4.98 Å². The van der Waals surface area contributed by atoms with Gasteiger partial charge in [-0.1, -0.05) is 48.2 Å². The van der Waals surface area contributed by atoms with E-state index in [1.807, 2.05) is 60.7 Å². The SMILES string of the molecule is Cc1ccc(-n2c(SCCCOc3ccccc3)nc3ccccc3c2=O)cc1C. The van der Waals surface area contributed by atoms with E-state index in [1.165, 1.54) is 5.56 Å². The molecule has 0 spiro atoms. The minimum atomic E-state index is -0.0353. The minimum Gasteiger partial charge on any atom is -0.494 e. The molecule has 0 aliphatic carbocycles.